The van der Waals surface area contributed by atoms with Gasteiger partial charge in [0, 0.05) is 39.1 Å². The van der Waals surface area contributed by atoms with E-state index < -0.39 is 0 Å². The van der Waals surface area contributed by atoms with Crippen LogP contribution in [0.5, 0.6) is 11.5 Å². The van der Waals surface area contributed by atoms with E-state index in [9.17, 15) is 0 Å². The molecule has 0 bridgehead atoms. The van der Waals surface area contributed by atoms with Crippen molar-refractivity contribution in [1.29, 1.82) is 0 Å². The summed E-state index contributed by atoms with van der Waals surface area (Å²) in [5, 5.41) is 4.01. The van der Waals surface area contributed by atoms with Gasteiger partial charge < -0.3 is 24.3 Å². The van der Waals surface area contributed by atoms with E-state index in [1.807, 2.05) is 44.8 Å². The van der Waals surface area contributed by atoms with Crippen molar-refractivity contribution in [1.82, 2.24) is 19.8 Å². The number of ether oxygens (including phenoxy) is 2. The fourth-order valence-corrected chi connectivity index (χ4v) is 4.06. The monoisotopic (exact) mass is 547 g/mol. The number of methoxy groups -OCH3 is 1. The third-order valence-corrected chi connectivity index (χ3v) is 5.65. The maximum Gasteiger partial charge on any atom is 0.193 e. The van der Waals surface area contributed by atoms with E-state index >= 15 is 0 Å². The van der Waals surface area contributed by atoms with E-state index in [0.29, 0.717) is 41.6 Å². The van der Waals surface area contributed by atoms with Crippen molar-refractivity contribution in [2.24, 2.45) is 10.9 Å². The second-order valence-electron chi connectivity index (χ2n) is 7.23. The molecule has 166 valence electrons. The first-order valence-corrected chi connectivity index (χ1v) is 10.4. The number of hydrogen-bond donors (Lipinski definition) is 1. The number of nitrogens with one attached hydrogen (secondary N) is 1. The van der Waals surface area contributed by atoms with Crippen molar-refractivity contribution in [2.75, 3.05) is 33.9 Å². The number of nitrogens with zero attached hydrogens (tertiary/aromatic N) is 4. The minimum Gasteiger partial charge on any atom is -0.493 e. The lowest BCUT2D eigenvalue weighted by Gasteiger charge is -2.39. The number of piperidine rings is 1. The van der Waals surface area contributed by atoms with E-state index in [1.165, 1.54) is 0 Å². The van der Waals surface area contributed by atoms with E-state index in [1.54, 1.807) is 7.11 Å². The number of hydrogen-bond acceptors (Lipinski definition) is 4. The number of aromatic nitrogens is 2. The Morgan fingerprint density at radius 3 is 2.83 bits per heavy atom. The van der Waals surface area contributed by atoms with Gasteiger partial charge in [-0.25, -0.2) is 4.98 Å². The first kappa shape index (κ1) is 24.6. The first-order chi connectivity index (χ1) is 14.1. The molecule has 0 spiro atoms. The Morgan fingerprint density at radius 1 is 1.40 bits per heavy atom. The lowest BCUT2D eigenvalue weighted by Crippen LogP contribution is -2.48. The smallest absolute Gasteiger partial charge is 0.193 e. The molecule has 2 heterocycles. The average Bonchev–Trinajstić information content (AvgIpc) is 3.25. The zero-order chi connectivity index (χ0) is 20.8. The molecule has 2 aromatic rings. The highest BCUT2D eigenvalue weighted by atomic mass is 127. The van der Waals surface area contributed by atoms with E-state index in [4.69, 9.17) is 21.1 Å². The number of rotatable bonds is 6. The van der Waals surface area contributed by atoms with Crippen LogP contribution in [0, 0.1) is 5.92 Å². The molecule has 1 N–H and O–H groups in total. The van der Waals surface area contributed by atoms with E-state index in [0.717, 1.165) is 31.0 Å². The molecule has 7 nitrogen and oxygen atoms in total. The zero-order valence-electron chi connectivity index (χ0n) is 18.0. The highest BCUT2D eigenvalue weighted by Gasteiger charge is 2.28. The highest BCUT2D eigenvalue weighted by molar-refractivity contribution is 14.0. The summed E-state index contributed by atoms with van der Waals surface area (Å²) in [6, 6.07) is 4.23. The van der Waals surface area contributed by atoms with Crippen molar-refractivity contribution in [3.63, 3.8) is 0 Å². The lowest BCUT2D eigenvalue weighted by atomic mass is 9.93. The van der Waals surface area contributed by atoms with Gasteiger partial charge in [-0.3, -0.25) is 4.99 Å². The highest BCUT2D eigenvalue weighted by Crippen LogP contribution is 2.36. The summed E-state index contributed by atoms with van der Waals surface area (Å²) in [7, 11) is 3.44. The zero-order valence-corrected chi connectivity index (χ0v) is 21.1. The minimum absolute atomic E-state index is 0. The molecule has 2 atom stereocenters. The number of benzene rings is 1. The van der Waals surface area contributed by atoms with Crippen LogP contribution in [0.15, 0.2) is 35.8 Å². The Bertz CT molecular complexity index is 831. The number of imidazole rings is 1. The molecule has 1 aliphatic heterocycles. The van der Waals surface area contributed by atoms with Gasteiger partial charge in [-0.15, -0.1) is 24.0 Å². The third kappa shape index (κ3) is 5.72. The molecule has 0 aliphatic carbocycles. The van der Waals surface area contributed by atoms with E-state index in [2.05, 4.69) is 31.7 Å². The van der Waals surface area contributed by atoms with Crippen LogP contribution in [0.25, 0.3) is 0 Å². The van der Waals surface area contributed by atoms with Crippen LogP contribution in [-0.2, 0) is 6.54 Å². The van der Waals surface area contributed by atoms with Gasteiger partial charge in [0.05, 0.1) is 31.1 Å². The summed E-state index contributed by atoms with van der Waals surface area (Å²) >= 11 is 6.40. The van der Waals surface area contributed by atoms with Crippen molar-refractivity contribution < 1.29 is 9.47 Å². The molecule has 3 rings (SSSR count). The molecule has 1 aliphatic rings. The van der Waals surface area contributed by atoms with Gasteiger partial charge in [0.15, 0.2) is 17.5 Å². The van der Waals surface area contributed by atoms with Gasteiger partial charge >= 0.3 is 0 Å². The van der Waals surface area contributed by atoms with Crippen molar-refractivity contribution in [3.8, 4) is 11.5 Å². The molecule has 2 unspecified atom stereocenters. The fourth-order valence-electron chi connectivity index (χ4n) is 3.77. The summed E-state index contributed by atoms with van der Waals surface area (Å²) < 4.78 is 13.2. The summed E-state index contributed by atoms with van der Waals surface area (Å²) in [4.78, 5) is 11.0. The van der Waals surface area contributed by atoms with Crippen molar-refractivity contribution in [2.45, 2.75) is 32.9 Å². The predicted octanol–water partition coefficient (Wildman–Crippen LogP) is 4.22. The first-order valence-electron chi connectivity index (χ1n) is 9.99. The Kier molecular flexibility index (Phi) is 9.54. The van der Waals surface area contributed by atoms with Crippen molar-refractivity contribution >= 4 is 41.5 Å². The van der Waals surface area contributed by atoms with Gasteiger partial charge in [-0.2, -0.15) is 0 Å². The Balaban J connectivity index is 0.00000320. The van der Waals surface area contributed by atoms with Gasteiger partial charge in [-0.1, -0.05) is 18.5 Å². The molecule has 0 saturated carbocycles. The van der Waals surface area contributed by atoms with Crippen LogP contribution in [0.1, 0.15) is 31.9 Å². The van der Waals surface area contributed by atoms with Crippen LogP contribution in [0.3, 0.4) is 0 Å². The molecule has 1 aromatic carbocycles. The maximum atomic E-state index is 6.40. The van der Waals surface area contributed by atoms with Crippen molar-refractivity contribution in [3.05, 3.63) is 41.4 Å². The number of likely N-dealkylation sites (tertiary alicyclic amines) is 1. The maximum absolute atomic E-state index is 6.40. The molecular formula is C21H31ClIN5O2. The van der Waals surface area contributed by atoms with Crippen LogP contribution in [0.4, 0.5) is 0 Å². The number of halogens is 2. The molecule has 0 amide bonds. The molecule has 9 heteroatoms. The van der Waals surface area contributed by atoms with Gasteiger partial charge in [-0.05, 0) is 37.0 Å². The Hall–Kier alpha value is -1.68. The molecule has 0 radical (unpaired) electrons. The third-order valence-electron chi connectivity index (χ3n) is 5.37. The van der Waals surface area contributed by atoms with Crippen LogP contribution in [-0.4, -0.2) is 54.3 Å². The Morgan fingerprint density at radius 2 is 2.20 bits per heavy atom. The quantitative estimate of drug-likeness (QED) is 0.333. The van der Waals surface area contributed by atoms with Gasteiger partial charge in [0.2, 0.25) is 0 Å². The minimum atomic E-state index is 0. The SMILES string of the molecule is CCOc1c(Cl)cc(CNC(=NC)N2CCC(C)C(n3ccnc3)C2)cc1OC.I. The van der Waals surface area contributed by atoms with Gasteiger partial charge in [0.25, 0.3) is 0 Å². The molecule has 1 aromatic heterocycles. The molecule has 30 heavy (non-hydrogen) atoms. The lowest BCUT2D eigenvalue weighted by molar-refractivity contribution is 0.189. The van der Waals surface area contributed by atoms with E-state index in [-0.39, 0.29) is 24.0 Å². The topological polar surface area (TPSA) is 63.9 Å². The van der Waals surface area contributed by atoms with Crippen LogP contribution < -0.4 is 14.8 Å². The second kappa shape index (κ2) is 11.6. The number of guanidine groups is 1. The largest absolute Gasteiger partial charge is 0.493 e. The van der Waals surface area contributed by atoms with Crippen LogP contribution in [0.2, 0.25) is 5.02 Å². The normalized spacial score (nSPS) is 19.2. The summed E-state index contributed by atoms with van der Waals surface area (Å²) in [6.45, 7) is 7.21. The number of aliphatic imine (C=N–C) groups is 1. The standard InChI is InChI=1S/C21H30ClN5O2.HI/c1-5-29-20-17(22)10-16(11-19(20)28-4)12-25-21(23-3)26-8-6-15(2)18(13-26)27-9-7-24-14-27;/h7,9-11,14-15,18H,5-6,8,12-13H2,1-4H3,(H,23,25);1H. The second-order valence-corrected chi connectivity index (χ2v) is 7.64. The average molecular weight is 548 g/mol. The molecular weight excluding hydrogens is 517 g/mol. The molecule has 1 saturated heterocycles. The molecule has 1 fully saturated rings. The predicted molar refractivity (Wildman–Crippen MR) is 131 cm³/mol. The summed E-state index contributed by atoms with van der Waals surface area (Å²) in [6.07, 6.45) is 6.87. The van der Waals surface area contributed by atoms with Crippen LogP contribution >= 0.6 is 35.6 Å². The summed E-state index contributed by atoms with van der Waals surface area (Å²) in [5.74, 6) is 2.69. The fraction of sp³-hybridized carbons (Fsp3) is 0.524. The summed E-state index contributed by atoms with van der Waals surface area (Å²) in [5.41, 5.74) is 1.01. The van der Waals surface area contributed by atoms with Gasteiger partial charge in [0.1, 0.15) is 0 Å². The Labute approximate surface area is 200 Å².